The van der Waals surface area contributed by atoms with Crippen LogP contribution in [-0.2, 0) is 9.59 Å². The maximum Gasteiger partial charge on any atom is 0.321 e. The van der Waals surface area contributed by atoms with Crippen LogP contribution in [0.5, 0.6) is 0 Å². The minimum Gasteiger partial charge on any atom is -0.480 e. The second kappa shape index (κ2) is 7.29. The Labute approximate surface area is 114 Å². The Morgan fingerprint density at radius 3 is 2.32 bits per heavy atom. The van der Waals surface area contributed by atoms with E-state index in [0.29, 0.717) is 5.69 Å². The van der Waals surface area contributed by atoms with Crippen LogP contribution in [-0.4, -0.2) is 27.9 Å². The third-order valence-corrected chi connectivity index (χ3v) is 2.08. The SMILES string of the molecule is Cl.NC(CC(=O)Nc1ccc([N+](=O)[O-])cc1)C(=O)O. The van der Waals surface area contributed by atoms with E-state index in [-0.39, 0.29) is 24.5 Å². The topological polar surface area (TPSA) is 136 Å². The number of carboxylic acid groups (broad SMARTS) is 1. The second-order valence-electron chi connectivity index (χ2n) is 3.50. The van der Waals surface area contributed by atoms with Gasteiger partial charge in [-0.15, -0.1) is 12.4 Å². The molecule has 19 heavy (non-hydrogen) atoms. The van der Waals surface area contributed by atoms with Crippen LogP contribution in [0.3, 0.4) is 0 Å². The number of nitro groups is 1. The van der Waals surface area contributed by atoms with Gasteiger partial charge >= 0.3 is 5.97 Å². The van der Waals surface area contributed by atoms with Crippen LogP contribution in [0.4, 0.5) is 11.4 Å². The molecule has 4 N–H and O–H groups in total. The lowest BCUT2D eigenvalue weighted by Gasteiger charge is -2.07. The fourth-order valence-corrected chi connectivity index (χ4v) is 1.17. The molecule has 0 aliphatic rings. The molecule has 1 atom stereocenters. The van der Waals surface area contributed by atoms with E-state index in [4.69, 9.17) is 10.8 Å². The van der Waals surface area contributed by atoms with Crippen LogP contribution in [0, 0.1) is 10.1 Å². The molecule has 0 saturated heterocycles. The van der Waals surface area contributed by atoms with E-state index in [1.165, 1.54) is 24.3 Å². The number of hydrogen-bond acceptors (Lipinski definition) is 5. The van der Waals surface area contributed by atoms with E-state index in [1.54, 1.807) is 0 Å². The number of halogens is 1. The monoisotopic (exact) mass is 289 g/mol. The molecule has 0 fully saturated rings. The average molecular weight is 290 g/mol. The van der Waals surface area contributed by atoms with Gasteiger partial charge in [-0.25, -0.2) is 0 Å². The first-order chi connectivity index (χ1) is 8.40. The molecule has 1 aromatic carbocycles. The van der Waals surface area contributed by atoms with E-state index >= 15 is 0 Å². The largest absolute Gasteiger partial charge is 0.480 e. The smallest absolute Gasteiger partial charge is 0.321 e. The lowest BCUT2D eigenvalue weighted by atomic mass is 10.2. The maximum atomic E-state index is 11.4. The highest BCUT2D eigenvalue weighted by atomic mass is 35.5. The second-order valence-corrected chi connectivity index (χ2v) is 3.50. The van der Waals surface area contributed by atoms with Gasteiger partial charge in [-0.3, -0.25) is 19.7 Å². The Balaban J connectivity index is 0.00000324. The lowest BCUT2D eigenvalue weighted by Crippen LogP contribution is -2.34. The summed E-state index contributed by atoms with van der Waals surface area (Å²) in [6.07, 6.45) is -0.369. The first-order valence-corrected chi connectivity index (χ1v) is 4.93. The highest BCUT2D eigenvalue weighted by Gasteiger charge is 2.16. The highest BCUT2D eigenvalue weighted by molar-refractivity contribution is 5.94. The molecular formula is C10H12ClN3O5. The van der Waals surface area contributed by atoms with Crippen molar-refractivity contribution >= 4 is 35.7 Å². The Morgan fingerprint density at radius 1 is 1.37 bits per heavy atom. The van der Waals surface area contributed by atoms with E-state index < -0.39 is 22.8 Å². The summed E-state index contributed by atoms with van der Waals surface area (Å²) >= 11 is 0. The zero-order chi connectivity index (χ0) is 13.7. The maximum absolute atomic E-state index is 11.4. The Bertz CT molecular complexity index is 477. The van der Waals surface area contributed by atoms with Crippen LogP contribution in [0.25, 0.3) is 0 Å². The number of nitrogens with zero attached hydrogens (tertiary/aromatic N) is 1. The Morgan fingerprint density at radius 2 is 1.89 bits per heavy atom. The molecule has 0 aliphatic carbocycles. The lowest BCUT2D eigenvalue weighted by molar-refractivity contribution is -0.384. The number of nitrogens with one attached hydrogen (secondary N) is 1. The van der Waals surface area contributed by atoms with Crippen LogP contribution in [0.2, 0.25) is 0 Å². The van der Waals surface area contributed by atoms with Gasteiger partial charge in [-0.1, -0.05) is 0 Å². The van der Waals surface area contributed by atoms with Crippen molar-refractivity contribution in [3.63, 3.8) is 0 Å². The summed E-state index contributed by atoms with van der Waals surface area (Å²) in [5.41, 5.74) is 5.42. The zero-order valence-electron chi connectivity index (χ0n) is 9.61. The van der Waals surface area contributed by atoms with Crippen LogP contribution >= 0.6 is 12.4 Å². The number of rotatable bonds is 5. The number of aliphatic carboxylic acids is 1. The third-order valence-electron chi connectivity index (χ3n) is 2.08. The predicted octanol–water partition coefficient (Wildman–Crippen LogP) is 0.757. The number of carbonyl (C=O) groups is 2. The fraction of sp³-hybridized carbons (Fsp3) is 0.200. The number of nitrogens with two attached hydrogens (primary N) is 1. The van der Waals surface area contributed by atoms with E-state index in [1.807, 2.05) is 0 Å². The molecule has 1 unspecified atom stereocenters. The first kappa shape index (κ1) is 16.8. The van der Waals surface area contributed by atoms with Gasteiger partial charge in [0.25, 0.3) is 5.69 Å². The number of hydrogen-bond donors (Lipinski definition) is 3. The van der Waals surface area contributed by atoms with Gasteiger partial charge in [0.05, 0.1) is 11.3 Å². The van der Waals surface area contributed by atoms with Gasteiger partial charge in [-0.2, -0.15) is 0 Å². The van der Waals surface area contributed by atoms with Crippen molar-refractivity contribution in [3.05, 3.63) is 34.4 Å². The average Bonchev–Trinajstić information content (AvgIpc) is 2.29. The van der Waals surface area contributed by atoms with Crippen molar-refractivity contribution in [2.24, 2.45) is 5.73 Å². The van der Waals surface area contributed by atoms with Crippen molar-refractivity contribution in [1.29, 1.82) is 0 Å². The molecule has 104 valence electrons. The quantitative estimate of drug-likeness (QED) is 0.541. The molecule has 0 saturated carbocycles. The Kier molecular flexibility index (Phi) is 6.45. The molecule has 0 spiro atoms. The number of amides is 1. The number of benzene rings is 1. The van der Waals surface area contributed by atoms with Crippen molar-refractivity contribution in [1.82, 2.24) is 0 Å². The van der Waals surface area contributed by atoms with Crippen molar-refractivity contribution in [3.8, 4) is 0 Å². The number of anilines is 1. The standard InChI is InChI=1S/C10H11N3O5.ClH/c11-8(10(15)16)5-9(14)12-6-1-3-7(4-2-6)13(17)18;/h1-4,8H,5,11H2,(H,12,14)(H,15,16);1H. The summed E-state index contributed by atoms with van der Waals surface area (Å²) in [5, 5.41) is 21.3. The number of nitro benzene ring substituents is 1. The van der Waals surface area contributed by atoms with E-state index in [9.17, 15) is 19.7 Å². The molecule has 0 heterocycles. The van der Waals surface area contributed by atoms with Crippen molar-refractivity contribution in [2.45, 2.75) is 12.5 Å². The molecule has 1 aromatic rings. The Hall–Kier alpha value is -2.19. The molecule has 0 radical (unpaired) electrons. The highest BCUT2D eigenvalue weighted by Crippen LogP contribution is 2.15. The normalized spacial score (nSPS) is 11.0. The van der Waals surface area contributed by atoms with Gasteiger partial charge in [0.2, 0.25) is 5.91 Å². The molecule has 1 amide bonds. The summed E-state index contributed by atoms with van der Waals surface area (Å²) in [4.78, 5) is 31.6. The zero-order valence-corrected chi connectivity index (χ0v) is 10.4. The first-order valence-electron chi connectivity index (χ1n) is 4.93. The van der Waals surface area contributed by atoms with Gasteiger partial charge in [-0.05, 0) is 12.1 Å². The fourth-order valence-electron chi connectivity index (χ4n) is 1.17. The molecule has 8 nitrogen and oxygen atoms in total. The summed E-state index contributed by atoms with van der Waals surface area (Å²) in [5.74, 6) is -1.84. The number of carboxylic acids is 1. The molecular weight excluding hydrogens is 278 g/mol. The molecule has 0 aromatic heterocycles. The van der Waals surface area contributed by atoms with E-state index in [0.717, 1.165) is 0 Å². The number of non-ortho nitro benzene ring substituents is 1. The van der Waals surface area contributed by atoms with Crippen LogP contribution < -0.4 is 11.1 Å². The minimum absolute atomic E-state index is 0. The minimum atomic E-state index is -1.27. The third kappa shape index (κ3) is 5.32. The summed E-state index contributed by atoms with van der Waals surface area (Å²) in [7, 11) is 0. The summed E-state index contributed by atoms with van der Waals surface area (Å²) < 4.78 is 0. The van der Waals surface area contributed by atoms with Crippen LogP contribution in [0.1, 0.15) is 6.42 Å². The summed E-state index contributed by atoms with van der Waals surface area (Å²) in [6, 6.07) is 3.88. The summed E-state index contributed by atoms with van der Waals surface area (Å²) in [6.45, 7) is 0. The van der Waals surface area contributed by atoms with Crippen molar-refractivity contribution < 1.29 is 19.6 Å². The van der Waals surface area contributed by atoms with E-state index in [2.05, 4.69) is 5.32 Å². The van der Waals surface area contributed by atoms with Gasteiger partial charge < -0.3 is 16.2 Å². The number of carbonyl (C=O) groups excluding carboxylic acids is 1. The molecule has 0 aliphatic heterocycles. The van der Waals surface area contributed by atoms with Gasteiger partial charge in [0.1, 0.15) is 6.04 Å². The van der Waals surface area contributed by atoms with Gasteiger partial charge in [0.15, 0.2) is 0 Å². The van der Waals surface area contributed by atoms with Crippen molar-refractivity contribution in [2.75, 3.05) is 5.32 Å². The molecule has 0 bridgehead atoms. The van der Waals surface area contributed by atoms with Crippen LogP contribution in [0.15, 0.2) is 24.3 Å². The predicted molar refractivity (Wildman–Crippen MR) is 69.2 cm³/mol. The molecule has 9 heteroatoms. The molecule has 1 rings (SSSR count). The van der Waals surface area contributed by atoms with Gasteiger partial charge in [0, 0.05) is 17.8 Å².